The van der Waals surface area contributed by atoms with Crippen molar-refractivity contribution in [1.29, 1.82) is 0 Å². The Labute approximate surface area is 191 Å². The van der Waals surface area contributed by atoms with Gasteiger partial charge in [0.1, 0.15) is 0 Å². The Morgan fingerprint density at radius 2 is 1.62 bits per heavy atom. The molecule has 0 saturated heterocycles. The number of nitrogens with zero attached hydrogens (tertiary/aromatic N) is 1. The van der Waals surface area contributed by atoms with Crippen LogP contribution < -0.4 is 10.6 Å². The second kappa shape index (κ2) is 9.08. The van der Waals surface area contributed by atoms with Crippen molar-refractivity contribution in [3.05, 3.63) is 95.6 Å². The summed E-state index contributed by atoms with van der Waals surface area (Å²) < 4.78 is 0. The highest BCUT2D eigenvalue weighted by atomic mass is 32.1. The molecular formula is C26H21N3O2S. The minimum absolute atomic E-state index is 0.0814. The maximum absolute atomic E-state index is 13.3. The molecule has 4 rings (SSSR count). The van der Waals surface area contributed by atoms with Crippen molar-refractivity contribution in [2.24, 2.45) is 0 Å². The van der Waals surface area contributed by atoms with E-state index in [4.69, 9.17) is 17.2 Å². The van der Waals surface area contributed by atoms with E-state index in [-0.39, 0.29) is 16.8 Å². The largest absolute Gasteiger partial charge is 0.332 e. The Balaban J connectivity index is 1.73. The number of pyridine rings is 1. The van der Waals surface area contributed by atoms with Crippen LogP contribution in [0.2, 0.25) is 0 Å². The molecule has 4 aromatic rings. The quantitative estimate of drug-likeness (QED) is 0.323. The van der Waals surface area contributed by atoms with E-state index >= 15 is 0 Å². The Morgan fingerprint density at radius 1 is 0.906 bits per heavy atom. The zero-order valence-corrected chi connectivity index (χ0v) is 18.5. The molecule has 6 heteroatoms. The summed E-state index contributed by atoms with van der Waals surface area (Å²) in [6, 6.07) is 24.2. The average molecular weight is 440 g/mol. The fourth-order valence-electron chi connectivity index (χ4n) is 3.43. The summed E-state index contributed by atoms with van der Waals surface area (Å²) >= 11 is 5.38. The molecule has 0 unspecified atom stereocenters. The highest BCUT2D eigenvalue weighted by molar-refractivity contribution is 7.80. The van der Waals surface area contributed by atoms with E-state index in [9.17, 15) is 9.59 Å². The van der Waals surface area contributed by atoms with Gasteiger partial charge in [0.05, 0.1) is 16.8 Å². The van der Waals surface area contributed by atoms with Crippen LogP contribution in [0, 0.1) is 6.92 Å². The van der Waals surface area contributed by atoms with E-state index in [2.05, 4.69) is 10.6 Å². The van der Waals surface area contributed by atoms with Crippen molar-refractivity contribution in [2.75, 3.05) is 5.32 Å². The number of fused-ring (bicyclic) bond motifs is 1. The normalized spacial score (nSPS) is 10.6. The molecule has 1 aromatic heterocycles. The van der Waals surface area contributed by atoms with E-state index in [0.717, 1.165) is 16.8 Å². The van der Waals surface area contributed by atoms with Crippen molar-refractivity contribution in [1.82, 2.24) is 10.3 Å². The van der Waals surface area contributed by atoms with Gasteiger partial charge in [-0.25, -0.2) is 4.98 Å². The summed E-state index contributed by atoms with van der Waals surface area (Å²) in [5.74, 6) is -0.455. The van der Waals surface area contributed by atoms with Gasteiger partial charge in [0, 0.05) is 22.2 Å². The number of ketones is 1. The Hall–Kier alpha value is -3.90. The molecule has 0 bridgehead atoms. The predicted molar refractivity (Wildman–Crippen MR) is 132 cm³/mol. The van der Waals surface area contributed by atoms with Gasteiger partial charge >= 0.3 is 0 Å². The van der Waals surface area contributed by atoms with Crippen LogP contribution in [-0.4, -0.2) is 21.8 Å². The summed E-state index contributed by atoms with van der Waals surface area (Å²) in [7, 11) is 0. The van der Waals surface area contributed by atoms with E-state index < -0.39 is 0 Å². The van der Waals surface area contributed by atoms with Gasteiger partial charge in [-0.3, -0.25) is 14.9 Å². The van der Waals surface area contributed by atoms with Crippen LogP contribution in [0.25, 0.3) is 22.2 Å². The molecule has 0 aliphatic heterocycles. The number of thiocarbonyl (C=S) groups is 1. The number of nitrogens with one attached hydrogen (secondary N) is 2. The maximum Gasteiger partial charge on any atom is 0.258 e. The number of aromatic nitrogens is 1. The Bertz CT molecular complexity index is 1350. The molecular weight excluding hydrogens is 418 g/mol. The third-order valence-corrected chi connectivity index (χ3v) is 5.35. The van der Waals surface area contributed by atoms with Crippen molar-refractivity contribution in [3.63, 3.8) is 0 Å². The van der Waals surface area contributed by atoms with Gasteiger partial charge in [0.15, 0.2) is 10.9 Å². The van der Waals surface area contributed by atoms with Crippen LogP contribution in [0.5, 0.6) is 0 Å². The van der Waals surface area contributed by atoms with Gasteiger partial charge in [-0.15, -0.1) is 0 Å². The van der Waals surface area contributed by atoms with Crippen molar-refractivity contribution >= 4 is 45.6 Å². The van der Waals surface area contributed by atoms with Gasteiger partial charge in [0.25, 0.3) is 5.91 Å². The van der Waals surface area contributed by atoms with Gasteiger partial charge < -0.3 is 5.32 Å². The van der Waals surface area contributed by atoms with Crippen molar-refractivity contribution < 1.29 is 9.59 Å². The predicted octanol–water partition coefficient (Wildman–Crippen LogP) is 5.54. The molecule has 1 heterocycles. The van der Waals surface area contributed by atoms with Gasteiger partial charge in [0.2, 0.25) is 0 Å². The molecule has 0 saturated carbocycles. The summed E-state index contributed by atoms with van der Waals surface area (Å²) in [6.07, 6.45) is 0. The van der Waals surface area contributed by atoms with Crippen molar-refractivity contribution in [2.45, 2.75) is 13.8 Å². The smallest absolute Gasteiger partial charge is 0.258 e. The monoisotopic (exact) mass is 439 g/mol. The highest BCUT2D eigenvalue weighted by Crippen LogP contribution is 2.26. The van der Waals surface area contributed by atoms with Crippen molar-refractivity contribution in [3.8, 4) is 11.3 Å². The molecule has 0 aliphatic carbocycles. The molecule has 158 valence electrons. The fourth-order valence-corrected chi connectivity index (χ4v) is 3.63. The molecule has 32 heavy (non-hydrogen) atoms. The second-order valence-electron chi connectivity index (χ2n) is 7.43. The van der Waals surface area contributed by atoms with Gasteiger partial charge in [-0.05, 0) is 62.0 Å². The van der Waals surface area contributed by atoms with Crippen LogP contribution in [0.3, 0.4) is 0 Å². The Morgan fingerprint density at radius 3 is 2.34 bits per heavy atom. The first-order chi connectivity index (χ1) is 15.4. The number of carbonyl (C=O) groups is 2. The summed E-state index contributed by atoms with van der Waals surface area (Å²) in [5, 5.41) is 6.61. The van der Waals surface area contributed by atoms with Crippen LogP contribution in [0.15, 0.2) is 78.9 Å². The van der Waals surface area contributed by atoms with Crippen LogP contribution in [0.1, 0.15) is 33.2 Å². The summed E-state index contributed by atoms with van der Waals surface area (Å²) in [6.45, 7) is 3.45. The maximum atomic E-state index is 13.3. The number of carbonyl (C=O) groups excluding carboxylic acids is 2. The second-order valence-corrected chi connectivity index (χ2v) is 7.84. The topological polar surface area (TPSA) is 71.1 Å². The summed E-state index contributed by atoms with van der Waals surface area (Å²) in [4.78, 5) is 29.9. The average Bonchev–Trinajstić information content (AvgIpc) is 2.80. The zero-order chi connectivity index (χ0) is 22.7. The van der Waals surface area contributed by atoms with E-state index in [1.165, 1.54) is 6.92 Å². The van der Waals surface area contributed by atoms with Gasteiger partial charge in [-0.2, -0.15) is 0 Å². The number of anilines is 1. The van der Waals surface area contributed by atoms with E-state index in [1.54, 1.807) is 24.3 Å². The first-order valence-corrected chi connectivity index (χ1v) is 10.5. The Kier molecular flexibility index (Phi) is 6.05. The number of rotatable bonds is 4. The third-order valence-electron chi connectivity index (χ3n) is 5.15. The minimum atomic E-state index is -0.374. The molecule has 0 fully saturated rings. The van der Waals surface area contributed by atoms with Crippen LogP contribution in [-0.2, 0) is 0 Å². The molecule has 3 aromatic carbocycles. The molecule has 0 atom stereocenters. The molecule has 0 spiro atoms. The lowest BCUT2D eigenvalue weighted by Crippen LogP contribution is -2.34. The number of benzene rings is 3. The first-order valence-electron chi connectivity index (χ1n) is 10.1. The third kappa shape index (κ3) is 4.55. The number of hydrogen-bond acceptors (Lipinski definition) is 4. The number of hydrogen-bond donors (Lipinski definition) is 2. The molecule has 1 amide bonds. The van der Waals surface area contributed by atoms with Gasteiger partial charge in [-0.1, -0.05) is 48.5 Å². The van der Waals surface area contributed by atoms with Crippen LogP contribution in [0.4, 0.5) is 5.69 Å². The minimum Gasteiger partial charge on any atom is -0.332 e. The zero-order valence-electron chi connectivity index (χ0n) is 17.7. The molecule has 2 N–H and O–H groups in total. The lowest BCUT2D eigenvalue weighted by atomic mass is 10.0. The fraction of sp³-hybridized carbons (Fsp3) is 0.0769. The van der Waals surface area contributed by atoms with E-state index in [1.807, 2.05) is 61.5 Å². The lowest BCUT2D eigenvalue weighted by molar-refractivity contribution is 0.0976. The molecule has 0 radical (unpaired) electrons. The lowest BCUT2D eigenvalue weighted by Gasteiger charge is -2.14. The molecule has 5 nitrogen and oxygen atoms in total. The standard InChI is InChI=1S/C26H21N3O2S/c1-16-8-6-7-11-22(16)28-26(32)29-25(31)21-15-24(18-9-4-3-5-10-18)27-23-13-12-19(17(2)30)14-20(21)23/h3-15H,1-2H3,(H2,28,29,31,32). The first kappa shape index (κ1) is 21.3. The van der Waals surface area contributed by atoms with Crippen LogP contribution >= 0.6 is 12.2 Å². The number of amides is 1. The van der Waals surface area contributed by atoms with E-state index in [0.29, 0.717) is 27.7 Å². The summed E-state index contributed by atoms with van der Waals surface area (Å²) in [5.41, 5.74) is 4.92. The molecule has 0 aliphatic rings. The SMILES string of the molecule is CC(=O)c1ccc2nc(-c3ccccc3)cc(C(=O)NC(=S)Nc3ccccc3C)c2c1. The number of para-hydroxylation sites is 1. The number of aryl methyl sites for hydroxylation is 1. The highest BCUT2D eigenvalue weighted by Gasteiger charge is 2.17. The number of Topliss-reactive ketones (excluding diaryl/α,β-unsaturated/α-hetero) is 1.